The maximum Gasteiger partial charge on any atom is 1.00 e. The van der Waals surface area contributed by atoms with Gasteiger partial charge in [0, 0.05) is 11.5 Å². The third-order valence-corrected chi connectivity index (χ3v) is 5.43. The molecule has 0 fully saturated rings. The van der Waals surface area contributed by atoms with Crippen LogP contribution in [0.3, 0.4) is 0 Å². The Kier molecular flexibility index (Phi) is 6.18. The van der Waals surface area contributed by atoms with E-state index in [-0.39, 0.29) is 29.6 Å². The van der Waals surface area contributed by atoms with Crippen LogP contribution >= 0.6 is 43.2 Å². The minimum absolute atomic E-state index is 0. The zero-order valence-electron chi connectivity index (χ0n) is 6.78. The van der Waals surface area contributed by atoms with Crippen molar-refractivity contribution in [3.63, 3.8) is 0 Å². The molecule has 2 aliphatic heterocycles. The Morgan fingerprint density at radius 1 is 1.00 bits per heavy atom. The molecule has 2 aliphatic rings. The summed E-state index contributed by atoms with van der Waals surface area (Å²) in [6.07, 6.45) is 2.32. The quantitative estimate of drug-likeness (QED) is 0.398. The van der Waals surface area contributed by atoms with Gasteiger partial charge in [-0.3, -0.25) is 0 Å². The molecule has 12 heavy (non-hydrogen) atoms. The normalized spacial score (nSPS) is 21.3. The molecule has 0 saturated heterocycles. The molecule has 0 unspecified atom stereocenters. The van der Waals surface area contributed by atoms with Crippen LogP contribution in [0.25, 0.3) is 0 Å². The van der Waals surface area contributed by atoms with Gasteiger partial charge in [0.2, 0.25) is 0 Å². The summed E-state index contributed by atoms with van der Waals surface area (Å²) in [6, 6.07) is 0. The van der Waals surface area contributed by atoms with Crippen molar-refractivity contribution in [2.24, 2.45) is 0 Å². The largest absolute Gasteiger partial charge is 1.00 e. The molecule has 0 aromatic heterocycles. The van der Waals surface area contributed by atoms with Gasteiger partial charge in [0.25, 0.3) is 0 Å². The first-order valence-electron chi connectivity index (χ1n) is 3.24. The summed E-state index contributed by atoms with van der Waals surface area (Å²) in [6.45, 7) is 0. The molecule has 0 amide bonds. The van der Waals surface area contributed by atoms with Crippen molar-refractivity contribution in [1.82, 2.24) is 0 Å². The zero-order chi connectivity index (χ0) is 7.52. The Morgan fingerprint density at radius 3 is 1.83 bits per heavy atom. The maximum atomic E-state index is 2.32. The van der Waals surface area contributed by atoms with Gasteiger partial charge in [-0.25, -0.2) is 0 Å². The third kappa shape index (κ3) is 3.48. The average Bonchev–Trinajstić information content (AvgIpc) is 2.60. The van der Waals surface area contributed by atoms with E-state index in [4.69, 9.17) is 0 Å². The molecule has 5 heteroatoms. The van der Waals surface area contributed by atoms with Gasteiger partial charge in [-0.2, -0.15) is 6.42 Å². The first kappa shape index (κ1) is 11.8. The zero-order valence-corrected chi connectivity index (χ0v) is 12.0. The molecular weight excluding hydrogens is 235 g/mol. The summed E-state index contributed by atoms with van der Waals surface area (Å²) in [7, 11) is 7.53. The second kappa shape index (κ2) is 6.27. The predicted molar refractivity (Wildman–Crippen MR) is 60.6 cm³/mol. The Morgan fingerprint density at radius 2 is 1.50 bits per heavy atom. The standard InChI is InChI=1S/C7H7S4.Na/c1(6-2-8-9-3-6)7-4-10-11-5-7;/h1-2,4H,3,5H2;/q-1;+1. The summed E-state index contributed by atoms with van der Waals surface area (Å²) >= 11 is 0. The molecular formula is C7H7NaS4. The van der Waals surface area contributed by atoms with Gasteiger partial charge in [0.05, 0.1) is 0 Å². The fourth-order valence-corrected chi connectivity index (χ4v) is 4.87. The van der Waals surface area contributed by atoms with Crippen LogP contribution in [-0.2, 0) is 0 Å². The van der Waals surface area contributed by atoms with Crippen molar-refractivity contribution < 1.29 is 29.6 Å². The maximum absolute atomic E-state index is 2.32. The Balaban J connectivity index is 0.000000720. The van der Waals surface area contributed by atoms with E-state index in [9.17, 15) is 0 Å². The fraction of sp³-hybridized carbons (Fsp3) is 0.286. The van der Waals surface area contributed by atoms with Crippen LogP contribution in [0.2, 0.25) is 0 Å². The third-order valence-electron chi connectivity index (χ3n) is 1.36. The minimum Gasteiger partial charge on any atom is -0.161 e. The molecule has 2 rings (SSSR count). The van der Waals surface area contributed by atoms with Crippen LogP contribution < -0.4 is 29.6 Å². The van der Waals surface area contributed by atoms with Crippen LogP contribution in [0.5, 0.6) is 0 Å². The van der Waals surface area contributed by atoms with Crippen molar-refractivity contribution in [1.29, 1.82) is 0 Å². The van der Waals surface area contributed by atoms with Gasteiger partial charge in [0.1, 0.15) is 0 Å². The molecule has 0 aromatic rings. The van der Waals surface area contributed by atoms with Gasteiger partial charge in [-0.1, -0.05) is 0 Å². The predicted octanol–water partition coefficient (Wildman–Crippen LogP) is 0.752. The summed E-state index contributed by atoms with van der Waals surface area (Å²) in [5, 5.41) is 4.50. The van der Waals surface area contributed by atoms with Gasteiger partial charge < -0.3 is 0 Å². The molecule has 2 heterocycles. The number of hydrogen-bond donors (Lipinski definition) is 0. The Labute approximate surface area is 111 Å². The first-order chi connectivity index (χ1) is 5.45. The van der Waals surface area contributed by atoms with Crippen molar-refractivity contribution in [2.75, 3.05) is 11.5 Å². The minimum atomic E-state index is 0. The van der Waals surface area contributed by atoms with Gasteiger partial charge >= 0.3 is 29.6 Å². The summed E-state index contributed by atoms with van der Waals surface area (Å²) < 4.78 is 0. The van der Waals surface area contributed by atoms with Gasteiger partial charge in [-0.05, 0) is 0 Å². The van der Waals surface area contributed by atoms with E-state index in [1.807, 2.05) is 43.2 Å². The van der Waals surface area contributed by atoms with Crippen molar-refractivity contribution in [3.8, 4) is 0 Å². The van der Waals surface area contributed by atoms with E-state index in [1.165, 1.54) is 22.7 Å². The van der Waals surface area contributed by atoms with E-state index >= 15 is 0 Å². The van der Waals surface area contributed by atoms with E-state index in [2.05, 4.69) is 17.2 Å². The monoisotopic (exact) mass is 242 g/mol. The van der Waals surface area contributed by atoms with E-state index < -0.39 is 0 Å². The van der Waals surface area contributed by atoms with Crippen LogP contribution in [0.1, 0.15) is 0 Å². The molecule has 0 nitrogen and oxygen atoms in total. The van der Waals surface area contributed by atoms with Crippen molar-refractivity contribution in [3.05, 3.63) is 28.4 Å². The summed E-state index contributed by atoms with van der Waals surface area (Å²) in [5.74, 6) is 2.36. The SMILES string of the molecule is C1=C([CH-]C2=CSSC2)CSS1.[Na+]. The van der Waals surface area contributed by atoms with Crippen molar-refractivity contribution >= 4 is 43.2 Å². The average molecular weight is 242 g/mol. The molecule has 0 aliphatic carbocycles. The van der Waals surface area contributed by atoms with Crippen molar-refractivity contribution in [2.45, 2.75) is 0 Å². The van der Waals surface area contributed by atoms with Gasteiger partial charge in [0.15, 0.2) is 0 Å². The molecule has 0 spiro atoms. The molecule has 0 aromatic carbocycles. The number of rotatable bonds is 2. The molecule has 0 bridgehead atoms. The molecule has 60 valence electrons. The summed E-state index contributed by atoms with van der Waals surface area (Å²) in [4.78, 5) is 0. The van der Waals surface area contributed by atoms with E-state index in [0.29, 0.717) is 0 Å². The van der Waals surface area contributed by atoms with Crippen LogP contribution in [0.15, 0.2) is 22.0 Å². The smallest absolute Gasteiger partial charge is 0.161 e. The first-order valence-corrected chi connectivity index (χ1v) is 8.01. The van der Waals surface area contributed by atoms with E-state index in [0.717, 1.165) is 0 Å². The van der Waals surface area contributed by atoms with Crippen LogP contribution in [-0.4, -0.2) is 11.5 Å². The van der Waals surface area contributed by atoms with E-state index in [1.54, 1.807) is 0 Å². The Bertz CT molecular complexity index is 189. The molecule has 0 N–H and O–H groups in total. The number of hydrogen-bond acceptors (Lipinski definition) is 4. The summed E-state index contributed by atoms with van der Waals surface area (Å²) in [5.41, 5.74) is 2.96. The fourth-order valence-electron chi connectivity index (χ4n) is 0.853. The second-order valence-corrected chi connectivity index (χ2v) is 6.72. The molecule has 0 atom stereocenters. The molecule has 0 saturated carbocycles. The molecule has 0 radical (unpaired) electrons. The second-order valence-electron chi connectivity index (χ2n) is 2.25. The van der Waals surface area contributed by atoms with Gasteiger partial charge in [-0.15, -0.1) is 65.1 Å². The van der Waals surface area contributed by atoms with Crippen LogP contribution in [0.4, 0.5) is 0 Å². The Hall–Kier alpha value is 1.75. The van der Waals surface area contributed by atoms with Crippen LogP contribution in [0, 0.1) is 6.42 Å². The topological polar surface area (TPSA) is 0 Å².